The van der Waals surface area contributed by atoms with Crippen LogP contribution in [-0.4, -0.2) is 48.0 Å². The van der Waals surface area contributed by atoms with Gasteiger partial charge in [0.25, 0.3) is 5.91 Å². The third-order valence-corrected chi connectivity index (χ3v) is 7.99. The van der Waals surface area contributed by atoms with Crippen LogP contribution in [0.4, 0.5) is 30.6 Å². The average molecular weight is 550 g/mol. The predicted molar refractivity (Wildman–Crippen MR) is 146 cm³/mol. The van der Waals surface area contributed by atoms with Gasteiger partial charge in [-0.15, -0.1) is 11.3 Å². The summed E-state index contributed by atoms with van der Waals surface area (Å²) in [5.41, 5.74) is 2.36. The number of rotatable bonds is 5. The maximum atomic E-state index is 13.6. The number of likely N-dealkylation sites (tertiary alicyclic amines) is 1. The zero-order chi connectivity index (χ0) is 27.3. The highest BCUT2D eigenvalue weighted by Gasteiger charge is 2.34. The van der Waals surface area contributed by atoms with Crippen molar-refractivity contribution in [1.82, 2.24) is 15.2 Å². The Balaban J connectivity index is 1.32. The van der Waals surface area contributed by atoms with Crippen molar-refractivity contribution in [3.05, 3.63) is 70.7 Å². The van der Waals surface area contributed by atoms with E-state index in [1.165, 1.54) is 16.2 Å². The summed E-state index contributed by atoms with van der Waals surface area (Å²) in [7, 11) is 2.04. The number of pyridine rings is 1. The van der Waals surface area contributed by atoms with Crippen molar-refractivity contribution in [2.24, 2.45) is 0 Å². The number of hydrogen-bond donors (Lipinski definition) is 2. The Hall–Kier alpha value is -4.09. The molecule has 2 aliphatic rings. The number of nitrogens with zero attached hydrogens (tertiary/aromatic N) is 3. The molecule has 4 heterocycles. The number of urea groups is 1. The molecule has 0 bridgehead atoms. The molecular formula is C28H25F2N5O3S. The molecule has 4 aromatic rings. The fourth-order valence-electron chi connectivity index (χ4n) is 5.18. The first kappa shape index (κ1) is 25.2. The Bertz CT molecular complexity index is 1600. The third-order valence-electron chi connectivity index (χ3n) is 6.89. The van der Waals surface area contributed by atoms with Crippen LogP contribution >= 0.6 is 11.3 Å². The largest absolute Gasteiger partial charge is 0.457 e. The number of nitrogens with one attached hydrogen (secondary N) is 2. The minimum absolute atomic E-state index is 0.0276. The van der Waals surface area contributed by atoms with Gasteiger partial charge in [0.15, 0.2) is 0 Å². The van der Waals surface area contributed by atoms with Gasteiger partial charge in [0, 0.05) is 37.0 Å². The van der Waals surface area contributed by atoms with Crippen LogP contribution in [0.25, 0.3) is 10.2 Å². The van der Waals surface area contributed by atoms with Crippen LogP contribution in [0, 0.1) is 18.6 Å². The highest BCUT2D eigenvalue weighted by molar-refractivity contribution is 7.21. The molecule has 1 saturated heterocycles. The summed E-state index contributed by atoms with van der Waals surface area (Å²) in [5.74, 6) is -1.31. The number of likely N-dealkylation sites (N-methyl/N-ethyl adjacent to an activating group) is 1. The average Bonchev–Trinajstić information content (AvgIpc) is 3.24. The molecule has 2 aromatic heterocycles. The van der Waals surface area contributed by atoms with Crippen molar-refractivity contribution in [2.75, 3.05) is 30.4 Å². The van der Waals surface area contributed by atoms with Gasteiger partial charge in [-0.25, -0.2) is 18.6 Å². The van der Waals surface area contributed by atoms with Crippen molar-refractivity contribution >= 4 is 50.6 Å². The highest BCUT2D eigenvalue weighted by atomic mass is 32.1. The van der Waals surface area contributed by atoms with Crippen molar-refractivity contribution in [2.45, 2.75) is 25.8 Å². The Morgan fingerprint density at radius 2 is 1.92 bits per heavy atom. The Morgan fingerprint density at radius 3 is 2.67 bits per heavy atom. The van der Waals surface area contributed by atoms with Crippen molar-refractivity contribution in [3.8, 4) is 11.5 Å². The fraction of sp³-hybridized carbons (Fsp3) is 0.250. The lowest BCUT2D eigenvalue weighted by Crippen LogP contribution is -2.46. The number of hydrogen-bond acceptors (Lipinski definition) is 6. The molecule has 1 unspecified atom stereocenters. The first-order chi connectivity index (χ1) is 18.8. The van der Waals surface area contributed by atoms with Gasteiger partial charge in [-0.3, -0.25) is 9.69 Å². The second kappa shape index (κ2) is 9.90. The van der Waals surface area contributed by atoms with Gasteiger partial charge in [-0.1, -0.05) is 0 Å². The molecule has 2 aromatic carbocycles. The molecular weight excluding hydrogens is 524 g/mol. The SMILES string of the molecule is Cc1cc(Oc2cc(F)cc(F)c2)ccc1N1C(=O)Nc2c(C(=O)NC3CCCN(C)C3)sc3nccc1c23. The van der Waals surface area contributed by atoms with E-state index in [0.29, 0.717) is 43.5 Å². The van der Waals surface area contributed by atoms with Crippen molar-refractivity contribution < 1.29 is 23.1 Å². The molecule has 200 valence electrons. The van der Waals surface area contributed by atoms with E-state index in [4.69, 9.17) is 4.74 Å². The van der Waals surface area contributed by atoms with Gasteiger partial charge in [0.05, 0.1) is 22.4 Å². The number of halogens is 2. The second-order valence-corrected chi connectivity index (χ2v) is 10.8. The molecule has 3 amide bonds. The van der Waals surface area contributed by atoms with E-state index in [9.17, 15) is 18.4 Å². The number of aromatic nitrogens is 1. The Labute approximate surface area is 227 Å². The van der Waals surface area contributed by atoms with Crippen LogP contribution in [0.15, 0.2) is 48.7 Å². The summed E-state index contributed by atoms with van der Waals surface area (Å²) in [5, 5.41) is 6.73. The van der Waals surface area contributed by atoms with Crippen molar-refractivity contribution in [3.63, 3.8) is 0 Å². The smallest absolute Gasteiger partial charge is 0.331 e. The summed E-state index contributed by atoms with van der Waals surface area (Å²) in [6.45, 7) is 3.60. The normalized spacial score (nSPS) is 17.3. The van der Waals surface area contributed by atoms with Crippen LogP contribution in [0.1, 0.15) is 28.1 Å². The molecule has 39 heavy (non-hydrogen) atoms. The molecule has 11 heteroatoms. The topological polar surface area (TPSA) is 86.8 Å². The van der Waals surface area contributed by atoms with Crippen LogP contribution in [-0.2, 0) is 0 Å². The summed E-state index contributed by atoms with van der Waals surface area (Å²) in [6, 6.07) is 9.35. The summed E-state index contributed by atoms with van der Waals surface area (Å²) in [4.78, 5) is 36.0. The number of piperidine rings is 1. The number of thiophene rings is 1. The first-order valence-electron chi connectivity index (χ1n) is 12.5. The van der Waals surface area contributed by atoms with Gasteiger partial charge < -0.3 is 20.3 Å². The van der Waals surface area contributed by atoms with Crippen LogP contribution < -0.4 is 20.3 Å². The lowest BCUT2D eigenvalue weighted by Gasteiger charge is -2.31. The zero-order valence-electron chi connectivity index (χ0n) is 21.3. The summed E-state index contributed by atoms with van der Waals surface area (Å²) < 4.78 is 32.8. The predicted octanol–water partition coefficient (Wildman–Crippen LogP) is 6.18. The van der Waals surface area contributed by atoms with Gasteiger partial charge in [-0.05, 0) is 63.2 Å². The van der Waals surface area contributed by atoms with E-state index in [0.717, 1.165) is 44.1 Å². The lowest BCUT2D eigenvalue weighted by molar-refractivity contribution is 0.0917. The molecule has 0 radical (unpaired) electrons. The maximum Gasteiger partial charge on any atom is 0.331 e. The summed E-state index contributed by atoms with van der Waals surface area (Å²) in [6.07, 6.45) is 3.54. The van der Waals surface area contributed by atoms with Crippen molar-refractivity contribution in [1.29, 1.82) is 0 Å². The molecule has 0 spiro atoms. The quantitative estimate of drug-likeness (QED) is 0.310. The van der Waals surface area contributed by atoms with Crippen LogP contribution in [0.2, 0.25) is 0 Å². The van der Waals surface area contributed by atoms with E-state index >= 15 is 0 Å². The first-order valence-corrected chi connectivity index (χ1v) is 13.3. The Morgan fingerprint density at radius 1 is 1.13 bits per heavy atom. The zero-order valence-corrected chi connectivity index (χ0v) is 22.1. The molecule has 6 rings (SSSR count). The number of aryl methyl sites for hydroxylation is 1. The maximum absolute atomic E-state index is 13.6. The fourth-order valence-corrected chi connectivity index (χ4v) is 6.21. The molecule has 1 atom stereocenters. The van der Waals surface area contributed by atoms with E-state index < -0.39 is 17.7 Å². The van der Waals surface area contributed by atoms with E-state index in [1.54, 1.807) is 30.5 Å². The number of carbonyl (C=O) groups is 2. The Kier molecular flexibility index (Phi) is 6.40. The van der Waals surface area contributed by atoms with Gasteiger partial charge >= 0.3 is 6.03 Å². The number of anilines is 3. The number of ether oxygens (including phenoxy) is 1. The lowest BCUT2D eigenvalue weighted by atomic mass is 10.1. The van der Waals surface area contributed by atoms with E-state index in [-0.39, 0.29) is 17.7 Å². The van der Waals surface area contributed by atoms with Crippen LogP contribution in [0.3, 0.4) is 0 Å². The number of benzene rings is 2. The minimum Gasteiger partial charge on any atom is -0.457 e. The van der Waals surface area contributed by atoms with E-state index in [1.807, 2.05) is 14.0 Å². The second-order valence-electron chi connectivity index (χ2n) is 9.81. The molecule has 1 fully saturated rings. The minimum atomic E-state index is -0.740. The number of amides is 3. The molecule has 0 aliphatic carbocycles. The van der Waals surface area contributed by atoms with E-state index in [2.05, 4.69) is 20.5 Å². The monoisotopic (exact) mass is 549 g/mol. The van der Waals surface area contributed by atoms with Gasteiger partial charge in [0.1, 0.15) is 32.8 Å². The van der Waals surface area contributed by atoms with Crippen LogP contribution in [0.5, 0.6) is 11.5 Å². The number of carbonyl (C=O) groups excluding carboxylic acids is 2. The van der Waals surface area contributed by atoms with Gasteiger partial charge in [0.2, 0.25) is 0 Å². The molecule has 2 N–H and O–H groups in total. The molecule has 8 nitrogen and oxygen atoms in total. The molecule has 0 saturated carbocycles. The third kappa shape index (κ3) is 4.79. The van der Waals surface area contributed by atoms with Gasteiger partial charge in [-0.2, -0.15) is 0 Å². The highest BCUT2D eigenvalue weighted by Crippen LogP contribution is 2.46. The summed E-state index contributed by atoms with van der Waals surface area (Å²) >= 11 is 1.25. The molecule has 2 aliphatic heterocycles. The standard InChI is InChI=1S/C28H25F2N5O3S/c1-15-10-19(38-20-12-16(29)11-17(30)13-20)5-6-21(15)35-22-7-8-31-27-23(22)24(33-28(35)37)25(39-27)26(36)32-18-4-3-9-34(2)14-18/h5-8,10-13,18H,3-4,9,14H2,1-2H3,(H,32,36)(H,33,37).